The Morgan fingerprint density at radius 3 is 2.65 bits per heavy atom. The van der Waals surface area contributed by atoms with E-state index >= 15 is 0 Å². The number of nitrogens with zero attached hydrogens (tertiary/aromatic N) is 1. The third-order valence-corrected chi connectivity index (χ3v) is 2.54. The first kappa shape index (κ1) is 11.4. The van der Waals surface area contributed by atoms with Gasteiger partial charge in [0, 0.05) is 5.69 Å². The van der Waals surface area contributed by atoms with Gasteiger partial charge in [-0.3, -0.25) is 4.79 Å². The Morgan fingerprint density at radius 1 is 1.29 bits per heavy atom. The molecule has 1 aromatic heterocycles. The molecule has 0 saturated carbocycles. The molecular weight excluding hydrogens is 216 g/mol. The van der Waals surface area contributed by atoms with Gasteiger partial charge in [0.15, 0.2) is 0 Å². The number of carbonyl (C=O) groups excluding carboxylic acids is 1. The third-order valence-electron chi connectivity index (χ3n) is 2.54. The molecule has 2 rings (SSSR count). The Kier molecular flexibility index (Phi) is 2.95. The molecule has 17 heavy (non-hydrogen) atoms. The van der Waals surface area contributed by atoms with Crippen LogP contribution in [0, 0.1) is 20.8 Å². The van der Waals surface area contributed by atoms with Gasteiger partial charge in [0.2, 0.25) is 0 Å². The van der Waals surface area contributed by atoms with Crippen molar-refractivity contribution >= 4 is 11.6 Å². The van der Waals surface area contributed by atoms with E-state index in [9.17, 15) is 4.79 Å². The van der Waals surface area contributed by atoms with E-state index in [1.54, 1.807) is 13.8 Å². The number of anilines is 1. The molecule has 4 heteroatoms. The molecule has 0 spiro atoms. The minimum atomic E-state index is -0.188. The standard InChI is InChI=1S/C13H14N2O2/c1-8-5-4-6-11(7-8)14-13(16)12-9(2)15-17-10(12)3/h4-7H,1-3H3,(H,14,16). The summed E-state index contributed by atoms with van der Waals surface area (Å²) in [5, 5.41) is 6.59. The summed E-state index contributed by atoms with van der Waals surface area (Å²) in [4.78, 5) is 12.0. The molecule has 0 fully saturated rings. The van der Waals surface area contributed by atoms with Crippen LogP contribution in [-0.2, 0) is 0 Å². The van der Waals surface area contributed by atoms with Crippen LogP contribution in [0.4, 0.5) is 5.69 Å². The van der Waals surface area contributed by atoms with Crippen molar-refractivity contribution in [3.05, 3.63) is 46.8 Å². The van der Waals surface area contributed by atoms with Gasteiger partial charge in [0.1, 0.15) is 11.3 Å². The van der Waals surface area contributed by atoms with Crippen LogP contribution >= 0.6 is 0 Å². The van der Waals surface area contributed by atoms with Gasteiger partial charge < -0.3 is 9.84 Å². The Hall–Kier alpha value is -2.10. The van der Waals surface area contributed by atoms with E-state index in [-0.39, 0.29) is 5.91 Å². The first-order valence-corrected chi connectivity index (χ1v) is 5.39. The van der Waals surface area contributed by atoms with Crippen LogP contribution in [0.5, 0.6) is 0 Å². The minimum absolute atomic E-state index is 0.188. The average Bonchev–Trinajstić information content (AvgIpc) is 2.58. The van der Waals surface area contributed by atoms with Crippen LogP contribution in [0.3, 0.4) is 0 Å². The van der Waals surface area contributed by atoms with Crippen molar-refractivity contribution in [2.75, 3.05) is 5.32 Å². The van der Waals surface area contributed by atoms with Gasteiger partial charge in [-0.15, -0.1) is 0 Å². The van der Waals surface area contributed by atoms with Gasteiger partial charge in [0.05, 0.1) is 5.69 Å². The molecule has 0 aliphatic heterocycles. The molecule has 4 nitrogen and oxygen atoms in total. The first-order valence-electron chi connectivity index (χ1n) is 5.39. The summed E-state index contributed by atoms with van der Waals surface area (Å²) >= 11 is 0. The second kappa shape index (κ2) is 4.41. The molecule has 1 heterocycles. The molecule has 1 aromatic carbocycles. The van der Waals surface area contributed by atoms with Crippen molar-refractivity contribution in [2.45, 2.75) is 20.8 Å². The highest BCUT2D eigenvalue weighted by molar-refractivity contribution is 6.05. The van der Waals surface area contributed by atoms with Gasteiger partial charge in [-0.2, -0.15) is 0 Å². The summed E-state index contributed by atoms with van der Waals surface area (Å²) in [6, 6.07) is 7.64. The molecule has 2 aromatic rings. The zero-order chi connectivity index (χ0) is 12.4. The number of hydrogen-bond acceptors (Lipinski definition) is 3. The van der Waals surface area contributed by atoms with Crippen molar-refractivity contribution < 1.29 is 9.32 Å². The second-order valence-corrected chi connectivity index (χ2v) is 4.02. The first-order chi connectivity index (χ1) is 8.08. The maximum atomic E-state index is 12.0. The van der Waals surface area contributed by atoms with Gasteiger partial charge in [-0.25, -0.2) is 0 Å². The highest BCUT2D eigenvalue weighted by Gasteiger charge is 2.17. The highest BCUT2D eigenvalue weighted by Crippen LogP contribution is 2.16. The van der Waals surface area contributed by atoms with Gasteiger partial charge >= 0.3 is 0 Å². The van der Waals surface area contributed by atoms with E-state index in [2.05, 4.69) is 10.5 Å². The minimum Gasteiger partial charge on any atom is -0.361 e. The molecule has 88 valence electrons. The van der Waals surface area contributed by atoms with E-state index in [0.29, 0.717) is 17.0 Å². The number of benzene rings is 1. The third kappa shape index (κ3) is 2.36. The monoisotopic (exact) mass is 230 g/mol. The van der Waals surface area contributed by atoms with E-state index in [4.69, 9.17) is 4.52 Å². The number of aryl methyl sites for hydroxylation is 3. The fourth-order valence-corrected chi connectivity index (χ4v) is 1.72. The number of hydrogen-bond donors (Lipinski definition) is 1. The summed E-state index contributed by atoms with van der Waals surface area (Å²) in [7, 11) is 0. The molecule has 0 aliphatic carbocycles. The lowest BCUT2D eigenvalue weighted by Gasteiger charge is -2.05. The Balaban J connectivity index is 2.23. The quantitative estimate of drug-likeness (QED) is 0.863. The molecule has 0 bridgehead atoms. The maximum absolute atomic E-state index is 12.0. The van der Waals surface area contributed by atoms with Crippen LogP contribution in [0.2, 0.25) is 0 Å². The van der Waals surface area contributed by atoms with E-state index in [1.165, 1.54) is 0 Å². The fraction of sp³-hybridized carbons (Fsp3) is 0.231. The molecule has 1 N–H and O–H groups in total. The van der Waals surface area contributed by atoms with Crippen molar-refractivity contribution in [2.24, 2.45) is 0 Å². The van der Waals surface area contributed by atoms with Crippen LogP contribution in [0.15, 0.2) is 28.8 Å². The predicted octanol–water partition coefficient (Wildman–Crippen LogP) is 2.85. The van der Waals surface area contributed by atoms with E-state index in [0.717, 1.165) is 11.3 Å². The molecular formula is C13H14N2O2. The average molecular weight is 230 g/mol. The van der Waals surface area contributed by atoms with Crippen molar-refractivity contribution in [1.29, 1.82) is 0 Å². The topological polar surface area (TPSA) is 55.1 Å². The van der Waals surface area contributed by atoms with Gasteiger partial charge in [-0.1, -0.05) is 17.3 Å². The number of rotatable bonds is 2. The van der Waals surface area contributed by atoms with Gasteiger partial charge in [-0.05, 0) is 38.5 Å². The normalized spacial score (nSPS) is 10.3. The summed E-state index contributed by atoms with van der Waals surface area (Å²) < 4.78 is 4.97. The fourth-order valence-electron chi connectivity index (χ4n) is 1.72. The molecule has 1 amide bonds. The SMILES string of the molecule is Cc1cccc(NC(=O)c2c(C)noc2C)c1. The van der Waals surface area contributed by atoms with Crippen molar-refractivity contribution in [3.8, 4) is 0 Å². The van der Waals surface area contributed by atoms with Crippen molar-refractivity contribution in [1.82, 2.24) is 5.16 Å². The van der Waals surface area contributed by atoms with E-state index < -0.39 is 0 Å². The maximum Gasteiger partial charge on any atom is 0.261 e. The Labute approximate surface area is 99.6 Å². The summed E-state index contributed by atoms with van der Waals surface area (Å²) in [5.74, 6) is 0.347. The summed E-state index contributed by atoms with van der Waals surface area (Å²) in [5.41, 5.74) is 2.98. The number of nitrogens with one attached hydrogen (secondary N) is 1. The van der Waals surface area contributed by atoms with Crippen LogP contribution in [-0.4, -0.2) is 11.1 Å². The molecule has 0 radical (unpaired) electrons. The second-order valence-electron chi connectivity index (χ2n) is 4.02. The lowest BCUT2D eigenvalue weighted by molar-refractivity contribution is 0.102. The van der Waals surface area contributed by atoms with Crippen LogP contribution in [0.25, 0.3) is 0 Å². The summed E-state index contributed by atoms with van der Waals surface area (Å²) in [6.45, 7) is 5.46. The lowest BCUT2D eigenvalue weighted by atomic mass is 10.1. The van der Waals surface area contributed by atoms with Crippen LogP contribution in [0.1, 0.15) is 27.4 Å². The van der Waals surface area contributed by atoms with Crippen molar-refractivity contribution in [3.63, 3.8) is 0 Å². The predicted molar refractivity (Wildman–Crippen MR) is 65.1 cm³/mol. The number of carbonyl (C=O) groups is 1. The number of amides is 1. The molecule has 0 unspecified atom stereocenters. The van der Waals surface area contributed by atoms with E-state index in [1.807, 2.05) is 31.2 Å². The number of aromatic nitrogens is 1. The molecule has 0 atom stereocenters. The zero-order valence-electron chi connectivity index (χ0n) is 10.1. The Morgan fingerprint density at radius 2 is 2.06 bits per heavy atom. The largest absolute Gasteiger partial charge is 0.361 e. The van der Waals surface area contributed by atoms with Crippen LogP contribution < -0.4 is 5.32 Å². The summed E-state index contributed by atoms with van der Waals surface area (Å²) in [6.07, 6.45) is 0. The zero-order valence-corrected chi connectivity index (χ0v) is 10.1. The van der Waals surface area contributed by atoms with Gasteiger partial charge in [0.25, 0.3) is 5.91 Å². The molecule has 0 saturated heterocycles. The molecule has 0 aliphatic rings. The Bertz CT molecular complexity index is 539. The smallest absolute Gasteiger partial charge is 0.261 e. The lowest BCUT2D eigenvalue weighted by Crippen LogP contribution is -2.13. The highest BCUT2D eigenvalue weighted by atomic mass is 16.5.